The minimum atomic E-state index is -0.801. The highest BCUT2D eigenvalue weighted by Crippen LogP contribution is 2.44. The van der Waals surface area contributed by atoms with Gasteiger partial charge in [-0.3, -0.25) is 14.4 Å². The van der Waals surface area contributed by atoms with Crippen molar-refractivity contribution in [2.24, 2.45) is 7.05 Å². The van der Waals surface area contributed by atoms with Gasteiger partial charge in [0.05, 0.1) is 29.6 Å². The molecule has 10 nitrogen and oxygen atoms in total. The van der Waals surface area contributed by atoms with Gasteiger partial charge in [-0.05, 0) is 32.9 Å². The Balaban J connectivity index is 1.56. The van der Waals surface area contributed by atoms with E-state index in [4.69, 9.17) is 28.4 Å². The number of ether oxygens (including phenoxy) is 6. The number of halogens is 1. The molecule has 0 saturated carbocycles. The Kier molecular flexibility index (Phi) is 7.99. The van der Waals surface area contributed by atoms with E-state index in [1.807, 2.05) is 49.7 Å². The van der Waals surface area contributed by atoms with Crippen molar-refractivity contribution in [1.82, 2.24) is 4.57 Å². The van der Waals surface area contributed by atoms with Crippen molar-refractivity contribution in [3.63, 3.8) is 0 Å². The lowest BCUT2D eigenvalue weighted by molar-refractivity contribution is -0.273. The molecule has 220 valence electrons. The lowest BCUT2D eigenvalue weighted by Gasteiger charge is -2.46. The molecule has 0 amide bonds. The van der Waals surface area contributed by atoms with E-state index >= 15 is 0 Å². The van der Waals surface area contributed by atoms with Gasteiger partial charge in [0.2, 0.25) is 5.43 Å². The molecule has 0 radical (unpaired) electrons. The molecule has 6 atom stereocenters. The maximum absolute atomic E-state index is 13.7. The van der Waals surface area contributed by atoms with Crippen LogP contribution in [0.4, 0.5) is 0 Å². The van der Waals surface area contributed by atoms with E-state index in [1.54, 1.807) is 20.1 Å². The largest absolute Gasteiger partial charge is 0.496 e. The van der Waals surface area contributed by atoms with Crippen LogP contribution in [-0.2, 0) is 42.0 Å². The zero-order valence-corrected chi connectivity index (χ0v) is 26.2. The van der Waals surface area contributed by atoms with Crippen LogP contribution in [0, 0.1) is 0 Å². The van der Waals surface area contributed by atoms with Crippen molar-refractivity contribution in [3.05, 3.63) is 46.1 Å². The van der Waals surface area contributed by atoms with Gasteiger partial charge in [-0.2, -0.15) is 0 Å². The molecule has 1 aromatic heterocycles. The summed E-state index contributed by atoms with van der Waals surface area (Å²) in [5, 5.41) is 1.07. The molecule has 1 saturated heterocycles. The summed E-state index contributed by atoms with van der Waals surface area (Å²) in [5.41, 5.74) is 1.41. The van der Waals surface area contributed by atoms with Gasteiger partial charge < -0.3 is 33.0 Å². The molecule has 3 aromatic rings. The highest BCUT2D eigenvalue weighted by molar-refractivity contribution is 14.1. The molecule has 2 aromatic carbocycles. The quantitative estimate of drug-likeness (QED) is 0.170. The second kappa shape index (κ2) is 11.1. The number of benzene rings is 2. The summed E-state index contributed by atoms with van der Waals surface area (Å²) >= 11 is 2.12. The number of rotatable bonds is 5. The molecule has 0 N–H and O–H groups in total. The van der Waals surface area contributed by atoms with Gasteiger partial charge in [-0.25, -0.2) is 0 Å². The van der Waals surface area contributed by atoms with Gasteiger partial charge in [0.25, 0.3) is 0 Å². The van der Waals surface area contributed by atoms with Crippen LogP contribution >= 0.6 is 22.6 Å². The average Bonchev–Trinajstić information content (AvgIpc) is 2.90. The number of hydrogen-bond donors (Lipinski definition) is 0. The maximum atomic E-state index is 13.7. The second-order valence-corrected chi connectivity index (χ2v) is 12.5. The van der Waals surface area contributed by atoms with Crippen LogP contribution in [0.25, 0.3) is 21.8 Å². The zero-order valence-electron chi connectivity index (χ0n) is 24.1. The smallest absolute Gasteiger partial charge is 0.303 e. The molecule has 41 heavy (non-hydrogen) atoms. The summed E-state index contributed by atoms with van der Waals surface area (Å²) in [6, 6.07) is 9.24. The topological polar surface area (TPSA) is 112 Å². The number of alkyl halides is 1. The number of carbonyl (C=O) groups is 2. The average molecular weight is 680 g/mol. The minimum absolute atomic E-state index is 0.117. The van der Waals surface area contributed by atoms with Gasteiger partial charge >= 0.3 is 11.9 Å². The Morgan fingerprint density at radius 1 is 1.10 bits per heavy atom. The molecule has 0 unspecified atom stereocenters. The molecular formula is C30H34INO9. The first kappa shape index (κ1) is 29.6. The summed E-state index contributed by atoms with van der Waals surface area (Å²) in [4.78, 5) is 37.4. The molecule has 2 aliphatic heterocycles. The monoisotopic (exact) mass is 679 g/mol. The van der Waals surface area contributed by atoms with Gasteiger partial charge in [0, 0.05) is 44.3 Å². The molecular weight excluding hydrogens is 645 g/mol. The number of methoxy groups -OCH3 is 1. The Morgan fingerprint density at radius 2 is 1.76 bits per heavy atom. The second-order valence-electron chi connectivity index (χ2n) is 11.0. The normalized spacial score (nSPS) is 27.1. The molecule has 1 fully saturated rings. The number of fused-ring (bicyclic) bond motifs is 4. The molecule has 5 rings (SSSR count). The predicted octanol–water partition coefficient (Wildman–Crippen LogP) is 4.21. The first-order valence-corrected chi connectivity index (χ1v) is 14.7. The van der Waals surface area contributed by atoms with Gasteiger partial charge in [-0.1, -0.05) is 34.7 Å². The van der Waals surface area contributed by atoms with Gasteiger partial charge in [0.1, 0.15) is 27.1 Å². The van der Waals surface area contributed by atoms with Crippen molar-refractivity contribution in [1.29, 1.82) is 0 Å². The fraction of sp³-hybridized carbons (Fsp3) is 0.500. The fourth-order valence-electron chi connectivity index (χ4n) is 5.82. The maximum Gasteiger partial charge on any atom is 0.303 e. The Morgan fingerprint density at radius 3 is 2.41 bits per heavy atom. The third-order valence-corrected chi connectivity index (χ3v) is 9.07. The molecule has 11 heteroatoms. The van der Waals surface area contributed by atoms with E-state index in [0.29, 0.717) is 34.2 Å². The number of aryl methyl sites for hydroxylation is 1. The van der Waals surface area contributed by atoms with Crippen LogP contribution in [0.5, 0.6) is 11.5 Å². The minimum Gasteiger partial charge on any atom is -0.496 e. The van der Waals surface area contributed by atoms with E-state index in [0.717, 1.165) is 11.1 Å². The Hall–Kier alpha value is -2.90. The van der Waals surface area contributed by atoms with Crippen molar-refractivity contribution in [3.8, 4) is 11.5 Å². The van der Waals surface area contributed by atoms with Crippen LogP contribution in [0.15, 0.2) is 35.1 Å². The lowest BCUT2D eigenvalue weighted by Crippen LogP contribution is -2.60. The standard InChI is InChI=1S/C30H34INO9/c1-14-27(38-15(2)33)28(39-16(3)34)24(31)29(37-14)40-22-12-18-20(41-30(22,4)5)13-21(36-7)23-25(18)32(6)19-11-9-8-10-17(19)26(23)35/h8-11,13-14,22,24,27-29H,12H2,1-7H3/t14-,22+,24+,27-,28-,29-/m0/s1. The summed E-state index contributed by atoms with van der Waals surface area (Å²) in [7, 11) is 3.46. The van der Waals surface area contributed by atoms with E-state index in [2.05, 4.69) is 22.6 Å². The number of para-hydroxylation sites is 1. The van der Waals surface area contributed by atoms with Crippen molar-refractivity contribution in [2.45, 2.75) is 81.3 Å². The van der Waals surface area contributed by atoms with Crippen molar-refractivity contribution < 1.29 is 38.0 Å². The molecule has 2 aliphatic rings. The summed E-state index contributed by atoms with van der Waals surface area (Å²) in [6.45, 7) is 8.22. The summed E-state index contributed by atoms with van der Waals surface area (Å²) in [5.74, 6) is 0.0637. The summed E-state index contributed by atoms with van der Waals surface area (Å²) < 4.78 is 37.6. The van der Waals surface area contributed by atoms with Crippen LogP contribution in [0.2, 0.25) is 0 Å². The van der Waals surface area contributed by atoms with E-state index < -0.39 is 52.2 Å². The zero-order chi connectivity index (χ0) is 29.8. The van der Waals surface area contributed by atoms with E-state index in [-0.39, 0.29) is 5.43 Å². The first-order valence-electron chi connectivity index (χ1n) is 13.4. The molecule has 0 bridgehead atoms. The van der Waals surface area contributed by atoms with Gasteiger partial charge in [-0.15, -0.1) is 0 Å². The molecule has 3 heterocycles. The number of esters is 2. The van der Waals surface area contributed by atoms with E-state index in [1.165, 1.54) is 13.8 Å². The van der Waals surface area contributed by atoms with Crippen LogP contribution in [0.3, 0.4) is 0 Å². The lowest BCUT2D eigenvalue weighted by atomic mass is 9.88. The Bertz CT molecular complexity index is 1580. The third kappa shape index (κ3) is 5.27. The van der Waals surface area contributed by atoms with Crippen molar-refractivity contribution in [2.75, 3.05) is 7.11 Å². The fourth-order valence-corrected chi connectivity index (χ4v) is 6.72. The number of aromatic nitrogens is 1. The summed E-state index contributed by atoms with van der Waals surface area (Å²) in [6.07, 6.45) is -3.05. The van der Waals surface area contributed by atoms with Crippen LogP contribution < -0.4 is 14.9 Å². The molecule has 0 aliphatic carbocycles. The number of carbonyl (C=O) groups excluding carboxylic acids is 2. The SMILES string of the molecule is COc1cc2c(c3c1c(=O)c1ccccc1n3C)C[C@@H](O[C@@H]1O[C@@H](C)[C@H](OC(C)=O)[C@@H](OC(C)=O)[C@H]1I)C(C)(C)O2. The number of pyridine rings is 1. The number of hydrogen-bond acceptors (Lipinski definition) is 9. The molecule has 0 spiro atoms. The highest BCUT2D eigenvalue weighted by atomic mass is 127. The van der Waals surface area contributed by atoms with Gasteiger partial charge in [0.15, 0.2) is 18.5 Å². The first-order chi connectivity index (χ1) is 19.3. The van der Waals surface area contributed by atoms with Crippen LogP contribution in [-0.4, -0.2) is 63.8 Å². The van der Waals surface area contributed by atoms with Crippen LogP contribution in [0.1, 0.15) is 40.2 Å². The number of nitrogens with zero attached hydrogens (tertiary/aromatic N) is 1. The highest BCUT2D eigenvalue weighted by Gasteiger charge is 2.50. The predicted molar refractivity (Wildman–Crippen MR) is 160 cm³/mol. The Labute approximate surface area is 251 Å². The van der Waals surface area contributed by atoms with E-state index in [9.17, 15) is 14.4 Å². The third-order valence-electron chi connectivity index (χ3n) is 7.77. The van der Waals surface area contributed by atoms with Crippen molar-refractivity contribution >= 4 is 56.3 Å².